The molecule has 0 saturated carbocycles. The van der Waals surface area contributed by atoms with Crippen molar-refractivity contribution in [1.82, 2.24) is 24.1 Å². The zero-order chi connectivity index (χ0) is 13.9. The van der Waals surface area contributed by atoms with E-state index in [-0.39, 0.29) is 0 Å². The van der Waals surface area contributed by atoms with Crippen LogP contribution in [0.4, 0.5) is 11.6 Å². The second-order valence-corrected chi connectivity index (χ2v) is 4.54. The molecule has 3 aromatic rings. The van der Waals surface area contributed by atoms with Crippen molar-refractivity contribution in [3.05, 3.63) is 36.5 Å². The van der Waals surface area contributed by atoms with E-state index < -0.39 is 0 Å². The Morgan fingerprint density at radius 2 is 2.20 bits per heavy atom. The molecule has 0 saturated heterocycles. The summed E-state index contributed by atoms with van der Waals surface area (Å²) in [4.78, 5) is 8.81. The van der Waals surface area contributed by atoms with Gasteiger partial charge in [-0.3, -0.25) is 4.68 Å². The molecule has 3 rings (SSSR count). The highest BCUT2D eigenvalue weighted by molar-refractivity contribution is 5.65. The molecule has 0 aliphatic carbocycles. The fraction of sp³-hybridized carbons (Fsp3) is 0.308. The van der Waals surface area contributed by atoms with Crippen LogP contribution in [0.2, 0.25) is 0 Å². The number of hydrogen-bond acceptors (Lipinski definition) is 5. The lowest BCUT2D eigenvalue weighted by Crippen LogP contribution is -2.09. The molecule has 7 nitrogen and oxygen atoms in total. The Labute approximate surface area is 116 Å². The molecule has 0 atom stereocenters. The van der Waals surface area contributed by atoms with Gasteiger partial charge in [0.25, 0.3) is 0 Å². The highest BCUT2D eigenvalue weighted by Gasteiger charge is 2.06. The molecule has 104 valence electrons. The third-order valence-corrected chi connectivity index (χ3v) is 3.07. The molecule has 0 aliphatic heterocycles. The van der Waals surface area contributed by atoms with Crippen molar-refractivity contribution in [2.24, 2.45) is 7.05 Å². The minimum Gasteiger partial charge on any atom is -0.372 e. The summed E-state index contributed by atoms with van der Waals surface area (Å²) in [5, 5.41) is 10.7. The highest BCUT2D eigenvalue weighted by atomic mass is 15.2. The summed E-state index contributed by atoms with van der Waals surface area (Å²) in [5.74, 6) is 1.58. The minimum absolute atomic E-state index is 0.764. The smallest absolute Gasteiger partial charge is 0.180 e. The number of hydrogen-bond donors (Lipinski definition) is 2. The minimum atomic E-state index is 0.764. The molecule has 0 unspecified atom stereocenters. The molecule has 0 aromatic carbocycles. The molecule has 2 N–H and O–H groups in total. The van der Waals surface area contributed by atoms with Gasteiger partial charge in [-0.15, -0.1) is 0 Å². The van der Waals surface area contributed by atoms with Crippen LogP contribution in [0.5, 0.6) is 0 Å². The number of nitrogens with one attached hydrogen (secondary N) is 2. The summed E-state index contributed by atoms with van der Waals surface area (Å²) in [7, 11) is 3.77. The van der Waals surface area contributed by atoms with E-state index in [4.69, 9.17) is 0 Å². The van der Waals surface area contributed by atoms with Gasteiger partial charge in [0.05, 0.1) is 11.9 Å². The van der Waals surface area contributed by atoms with Crippen LogP contribution in [-0.4, -0.2) is 37.7 Å². The highest BCUT2D eigenvalue weighted by Crippen LogP contribution is 2.15. The molecule has 0 spiro atoms. The van der Waals surface area contributed by atoms with E-state index in [1.54, 1.807) is 6.20 Å². The predicted molar refractivity (Wildman–Crippen MR) is 77.9 cm³/mol. The zero-order valence-corrected chi connectivity index (χ0v) is 11.5. The first-order valence-corrected chi connectivity index (χ1v) is 6.50. The van der Waals surface area contributed by atoms with Crippen molar-refractivity contribution in [2.45, 2.75) is 6.42 Å². The Balaban J connectivity index is 1.74. The molecule has 0 aliphatic rings. The van der Waals surface area contributed by atoms with Crippen molar-refractivity contribution < 1.29 is 0 Å². The van der Waals surface area contributed by atoms with E-state index in [2.05, 4.69) is 25.7 Å². The van der Waals surface area contributed by atoms with E-state index in [1.807, 2.05) is 47.8 Å². The summed E-state index contributed by atoms with van der Waals surface area (Å²) in [5.41, 5.74) is 1.88. The summed E-state index contributed by atoms with van der Waals surface area (Å²) < 4.78 is 3.75. The first kappa shape index (κ1) is 12.5. The van der Waals surface area contributed by atoms with Crippen LogP contribution >= 0.6 is 0 Å². The normalized spacial score (nSPS) is 10.9. The summed E-state index contributed by atoms with van der Waals surface area (Å²) in [6.45, 7) is 0.764. The maximum atomic E-state index is 4.50. The average Bonchev–Trinajstić information content (AvgIpc) is 3.07. The first-order valence-electron chi connectivity index (χ1n) is 6.50. The lowest BCUT2D eigenvalue weighted by molar-refractivity contribution is 0.742. The molecule has 3 heterocycles. The Hall–Kier alpha value is -2.57. The molecule has 3 aromatic heterocycles. The van der Waals surface area contributed by atoms with Crippen LogP contribution in [0.1, 0.15) is 5.69 Å². The van der Waals surface area contributed by atoms with E-state index in [1.165, 1.54) is 0 Å². The molecule has 7 heteroatoms. The molecule has 0 bridgehead atoms. The summed E-state index contributed by atoms with van der Waals surface area (Å²) >= 11 is 0. The van der Waals surface area contributed by atoms with Gasteiger partial charge in [0, 0.05) is 45.7 Å². The van der Waals surface area contributed by atoms with Gasteiger partial charge < -0.3 is 15.0 Å². The topological polar surface area (TPSA) is 72.1 Å². The van der Waals surface area contributed by atoms with Gasteiger partial charge in [0.2, 0.25) is 0 Å². The van der Waals surface area contributed by atoms with Gasteiger partial charge in [-0.05, 0) is 6.07 Å². The quantitative estimate of drug-likeness (QED) is 0.728. The Kier molecular flexibility index (Phi) is 3.24. The maximum Gasteiger partial charge on any atom is 0.180 e. The molecular formula is C13H17N7. The monoisotopic (exact) mass is 271 g/mol. The van der Waals surface area contributed by atoms with Gasteiger partial charge in [-0.2, -0.15) is 5.10 Å². The van der Waals surface area contributed by atoms with Crippen molar-refractivity contribution in [2.75, 3.05) is 24.2 Å². The number of aryl methyl sites for hydroxylation is 1. The second-order valence-electron chi connectivity index (χ2n) is 4.54. The predicted octanol–water partition coefficient (Wildman–Crippen LogP) is 1.16. The van der Waals surface area contributed by atoms with E-state index >= 15 is 0 Å². The molecule has 0 fully saturated rings. The largest absolute Gasteiger partial charge is 0.372 e. The Morgan fingerprint density at radius 1 is 1.30 bits per heavy atom. The van der Waals surface area contributed by atoms with Crippen LogP contribution in [0.3, 0.4) is 0 Å². The second kappa shape index (κ2) is 5.20. The number of nitrogens with zero attached hydrogens (tertiary/aromatic N) is 5. The van der Waals surface area contributed by atoms with E-state index in [9.17, 15) is 0 Å². The van der Waals surface area contributed by atoms with Gasteiger partial charge in [0.15, 0.2) is 11.5 Å². The molecule has 0 radical (unpaired) electrons. The van der Waals surface area contributed by atoms with Crippen LogP contribution in [0.25, 0.3) is 5.65 Å². The van der Waals surface area contributed by atoms with Crippen LogP contribution in [0.15, 0.2) is 30.9 Å². The zero-order valence-electron chi connectivity index (χ0n) is 11.5. The number of anilines is 2. The van der Waals surface area contributed by atoms with Gasteiger partial charge in [-0.1, -0.05) is 0 Å². The number of fused-ring (bicyclic) bond motifs is 1. The standard InChI is InChI=1S/C13H17N7/c1-14-11-9-20-8-6-16-13(20)12(17-11)15-5-3-10-4-7-19(2)18-10/h4,6-9,14H,3,5H2,1-2H3,(H,15,17). The third-order valence-electron chi connectivity index (χ3n) is 3.07. The van der Waals surface area contributed by atoms with Crippen molar-refractivity contribution in [3.8, 4) is 0 Å². The van der Waals surface area contributed by atoms with Gasteiger partial charge in [0.1, 0.15) is 5.82 Å². The summed E-state index contributed by atoms with van der Waals surface area (Å²) in [6, 6.07) is 2.02. The van der Waals surface area contributed by atoms with Gasteiger partial charge in [-0.25, -0.2) is 9.97 Å². The van der Waals surface area contributed by atoms with E-state index in [0.29, 0.717) is 0 Å². The molecule has 0 amide bonds. The van der Waals surface area contributed by atoms with Crippen LogP contribution < -0.4 is 10.6 Å². The van der Waals surface area contributed by atoms with Crippen molar-refractivity contribution in [3.63, 3.8) is 0 Å². The fourth-order valence-electron chi connectivity index (χ4n) is 2.08. The molecular weight excluding hydrogens is 254 g/mol. The SMILES string of the molecule is CNc1cn2ccnc2c(NCCc2ccn(C)n2)n1. The third kappa shape index (κ3) is 2.42. The van der Waals surface area contributed by atoms with E-state index in [0.717, 1.165) is 35.9 Å². The fourth-order valence-corrected chi connectivity index (χ4v) is 2.08. The lowest BCUT2D eigenvalue weighted by Gasteiger charge is -2.08. The van der Waals surface area contributed by atoms with Gasteiger partial charge >= 0.3 is 0 Å². The lowest BCUT2D eigenvalue weighted by atomic mass is 10.3. The average molecular weight is 271 g/mol. The maximum absolute atomic E-state index is 4.50. The summed E-state index contributed by atoms with van der Waals surface area (Å²) in [6.07, 6.45) is 8.37. The van der Waals surface area contributed by atoms with Crippen LogP contribution in [0, 0.1) is 0 Å². The number of rotatable bonds is 5. The van der Waals surface area contributed by atoms with Crippen molar-refractivity contribution >= 4 is 17.3 Å². The van der Waals surface area contributed by atoms with Crippen LogP contribution in [-0.2, 0) is 13.5 Å². The number of aromatic nitrogens is 5. The first-order chi connectivity index (χ1) is 9.76. The number of imidazole rings is 1. The Morgan fingerprint density at radius 3 is 2.95 bits per heavy atom. The molecule has 20 heavy (non-hydrogen) atoms. The Bertz CT molecular complexity index is 712. The van der Waals surface area contributed by atoms with Crippen molar-refractivity contribution in [1.29, 1.82) is 0 Å².